The van der Waals surface area contributed by atoms with Gasteiger partial charge in [0.15, 0.2) is 0 Å². The zero-order valence-corrected chi connectivity index (χ0v) is 7.16. The molecule has 0 nitrogen and oxygen atoms in total. The molecule has 0 saturated heterocycles. The van der Waals surface area contributed by atoms with Gasteiger partial charge in [0.2, 0.25) is 0 Å². The molecule has 0 aromatic carbocycles. The molecule has 1 aliphatic rings. The number of hydrogen-bond acceptors (Lipinski definition) is 0. The van der Waals surface area contributed by atoms with Gasteiger partial charge in [-0.1, -0.05) is 29.8 Å². The van der Waals surface area contributed by atoms with Crippen LogP contribution in [-0.2, 0) is 0 Å². The molecule has 0 spiro atoms. The molecular formula is C7H13Br. The lowest BCUT2D eigenvalue weighted by molar-refractivity contribution is 0.0944. The summed E-state index contributed by atoms with van der Waals surface area (Å²) in [7, 11) is 0. The van der Waals surface area contributed by atoms with E-state index in [0.717, 1.165) is 5.92 Å². The van der Waals surface area contributed by atoms with Gasteiger partial charge in [0.1, 0.15) is 0 Å². The Morgan fingerprint density at radius 3 is 2.25 bits per heavy atom. The molecule has 1 heteroatoms. The zero-order chi connectivity index (χ0) is 6.20. The Labute approximate surface area is 59.8 Å². The third-order valence-corrected chi connectivity index (χ3v) is 3.21. The molecule has 1 aliphatic carbocycles. The lowest BCUT2D eigenvalue weighted by Gasteiger charge is -2.43. The molecule has 0 N–H and O–H groups in total. The molecule has 0 aromatic rings. The Kier molecular flexibility index (Phi) is 1.66. The molecule has 0 aromatic heterocycles. The van der Waals surface area contributed by atoms with Gasteiger partial charge in [0.25, 0.3) is 0 Å². The highest BCUT2D eigenvalue weighted by Gasteiger charge is 2.36. The second-order valence-electron chi connectivity index (χ2n) is 3.38. The predicted octanol–water partition coefficient (Wildman–Crippen LogP) is 2.82. The van der Waals surface area contributed by atoms with E-state index in [1.54, 1.807) is 0 Å². The van der Waals surface area contributed by atoms with Crippen molar-refractivity contribution >= 4 is 15.9 Å². The van der Waals surface area contributed by atoms with Crippen molar-refractivity contribution in [3.63, 3.8) is 0 Å². The highest BCUT2D eigenvalue weighted by molar-refractivity contribution is 9.09. The van der Waals surface area contributed by atoms with Gasteiger partial charge in [-0.15, -0.1) is 0 Å². The molecule has 48 valence electrons. The molecule has 0 radical (unpaired) electrons. The topological polar surface area (TPSA) is 0 Å². The fraction of sp³-hybridized carbons (Fsp3) is 1.00. The van der Waals surface area contributed by atoms with E-state index in [4.69, 9.17) is 0 Å². The van der Waals surface area contributed by atoms with Crippen LogP contribution >= 0.6 is 15.9 Å². The van der Waals surface area contributed by atoms with E-state index in [-0.39, 0.29) is 0 Å². The van der Waals surface area contributed by atoms with Crippen LogP contribution in [0.3, 0.4) is 0 Å². The maximum atomic E-state index is 3.50. The minimum Gasteiger partial charge on any atom is -0.0925 e. The summed E-state index contributed by atoms with van der Waals surface area (Å²) in [5, 5.41) is 1.19. The highest BCUT2D eigenvalue weighted by Crippen LogP contribution is 2.46. The van der Waals surface area contributed by atoms with Crippen LogP contribution in [0.2, 0.25) is 0 Å². The van der Waals surface area contributed by atoms with Crippen molar-refractivity contribution in [1.82, 2.24) is 0 Å². The Morgan fingerprint density at radius 2 is 2.25 bits per heavy atom. The van der Waals surface area contributed by atoms with Crippen LogP contribution < -0.4 is 0 Å². The van der Waals surface area contributed by atoms with Gasteiger partial charge in [-0.25, -0.2) is 0 Å². The first-order valence-corrected chi connectivity index (χ1v) is 4.35. The number of hydrogen-bond donors (Lipinski definition) is 0. The molecule has 0 amide bonds. The lowest BCUT2D eigenvalue weighted by atomic mass is 9.64. The Bertz CT molecular complexity index is 84.4. The largest absolute Gasteiger partial charge is 0.0925 e. The van der Waals surface area contributed by atoms with E-state index < -0.39 is 0 Å². The Hall–Kier alpha value is 0.480. The second kappa shape index (κ2) is 2.02. The molecular weight excluding hydrogens is 164 g/mol. The van der Waals surface area contributed by atoms with Gasteiger partial charge in [-0.05, 0) is 24.2 Å². The van der Waals surface area contributed by atoms with Gasteiger partial charge >= 0.3 is 0 Å². The fourth-order valence-electron chi connectivity index (χ4n) is 1.21. The quantitative estimate of drug-likeness (QED) is 0.540. The van der Waals surface area contributed by atoms with Crippen LogP contribution in [0.5, 0.6) is 0 Å². The van der Waals surface area contributed by atoms with Gasteiger partial charge in [-0.2, -0.15) is 0 Å². The average Bonchev–Trinajstić information content (AvgIpc) is 1.66. The fourth-order valence-corrected chi connectivity index (χ4v) is 2.41. The summed E-state index contributed by atoms with van der Waals surface area (Å²) < 4.78 is 0. The summed E-state index contributed by atoms with van der Waals surface area (Å²) >= 11 is 3.50. The van der Waals surface area contributed by atoms with Gasteiger partial charge in [-0.3, -0.25) is 0 Å². The first-order valence-electron chi connectivity index (χ1n) is 3.23. The first kappa shape index (κ1) is 6.60. The molecule has 1 unspecified atom stereocenters. The maximum Gasteiger partial charge on any atom is 0.00647 e. The summed E-state index contributed by atoms with van der Waals surface area (Å²) in [6.45, 7) is 4.70. The summed E-state index contributed by atoms with van der Waals surface area (Å²) in [5.41, 5.74) is 0.642. The molecule has 1 rings (SSSR count). The van der Waals surface area contributed by atoms with Crippen LogP contribution in [0, 0.1) is 11.3 Å². The number of rotatable bonds is 1. The number of alkyl halides is 1. The van der Waals surface area contributed by atoms with Gasteiger partial charge < -0.3 is 0 Å². The zero-order valence-electron chi connectivity index (χ0n) is 5.58. The summed E-state index contributed by atoms with van der Waals surface area (Å²) in [6, 6.07) is 0. The van der Waals surface area contributed by atoms with E-state index in [0.29, 0.717) is 5.41 Å². The molecule has 0 heterocycles. The van der Waals surface area contributed by atoms with E-state index >= 15 is 0 Å². The standard InChI is InChI=1S/C7H13Br/c1-7(2)4-3-6(7)5-8/h6H,3-5H2,1-2H3. The van der Waals surface area contributed by atoms with Crippen LogP contribution in [-0.4, -0.2) is 5.33 Å². The summed E-state index contributed by atoms with van der Waals surface area (Å²) in [5.74, 6) is 0.947. The minimum absolute atomic E-state index is 0.642. The Balaban J connectivity index is 2.37. The van der Waals surface area contributed by atoms with E-state index in [1.165, 1.54) is 18.2 Å². The molecule has 0 bridgehead atoms. The molecule has 0 aliphatic heterocycles. The average molecular weight is 177 g/mol. The van der Waals surface area contributed by atoms with Crippen LogP contribution in [0.15, 0.2) is 0 Å². The predicted molar refractivity (Wildman–Crippen MR) is 40.3 cm³/mol. The van der Waals surface area contributed by atoms with Crippen LogP contribution in [0.4, 0.5) is 0 Å². The van der Waals surface area contributed by atoms with Crippen LogP contribution in [0.1, 0.15) is 26.7 Å². The summed E-state index contributed by atoms with van der Waals surface area (Å²) in [4.78, 5) is 0. The molecule has 1 atom stereocenters. The van der Waals surface area contributed by atoms with Crippen LogP contribution in [0.25, 0.3) is 0 Å². The SMILES string of the molecule is CC1(C)CCC1CBr. The summed E-state index contributed by atoms with van der Waals surface area (Å²) in [6.07, 6.45) is 2.85. The Morgan fingerprint density at radius 1 is 1.62 bits per heavy atom. The van der Waals surface area contributed by atoms with Crippen molar-refractivity contribution in [1.29, 1.82) is 0 Å². The van der Waals surface area contributed by atoms with Crippen molar-refractivity contribution in [2.75, 3.05) is 5.33 Å². The second-order valence-corrected chi connectivity index (χ2v) is 4.03. The molecule has 8 heavy (non-hydrogen) atoms. The van der Waals surface area contributed by atoms with Gasteiger partial charge in [0.05, 0.1) is 0 Å². The monoisotopic (exact) mass is 176 g/mol. The van der Waals surface area contributed by atoms with Crippen molar-refractivity contribution in [3.05, 3.63) is 0 Å². The maximum absolute atomic E-state index is 3.50. The third-order valence-electron chi connectivity index (χ3n) is 2.43. The first-order chi connectivity index (χ1) is 3.67. The van der Waals surface area contributed by atoms with Crippen molar-refractivity contribution in [2.45, 2.75) is 26.7 Å². The van der Waals surface area contributed by atoms with E-state index in [9.17, 15) is 0 Å². The van der Waals surface area contributed by atoms with Gasteiger partial charge in [0, 0.05) is 5.33 Å². The smallest absolute Gasteiger partial charge is 0.00647 e. The van der Waals surface area contributed by atoms with E-state index in [2.05, 4.69) is 29.8 Å². The number of halogens is 1. The highest BCUT2D eigenvalue weighted by atomic mass is 79.9. The lowest BCUT2D eigenvalue weighted by Crippen LogP contribution is -2.35. The minimum atomic E-state index is 0.642. The van der Waals surface area contributed by atoms with E-state index in [1.807, 2.05) is 0 Å². The molecule has 1 saturated carbocycles. The van der Waals surface area contributed by atoms with Crippen molar-refractivity contribution in [2.24, 2.45) is 11.3 Å². The third kappa shape index (κ3) is 0.928. The molecule has 1 fully saturated rings. The normalized spacial score (nSPS) is 34.1. The van der Waals surface area contributed by atoms with Crippen molar-refractivity contribution < 1.29 is 0 Å². The van der Waals surface area contributed by atoms with Crippen molar-refractivity contribution in [3.8, 4) is 0 Å².